The van der Waals surface area contributed by atoms with Crippen molar-refractivity contribution in [2.75, 3.05) is 0 Å². The molecular weight excluding hydrogens is 797 g/mol. The highest BCUT2D eigenvalue weighted by Gasteiger charge is 2.75. The first-order valence-corrected chi connectivity index (χ1v) is 22.7. The number of rotatable bonds is 30. The van der Waals surface area contributed by atoms with Gasteiger partial charge in [-0.1, -0.05) is 147 Å². The van der Waals surface area contributed by atoms with Gasteiger partial charge < -0.3 is 0 Å². The molecule has 350 valence electrons. The van der Waals surface area contributed by atoms with Gasteiger partial charge in [0.05, 0.1) is 0 Å². The number of benzene rings is 1. The third-order valence-electron chi connectivity index (χ3n) is 11.0. The van der Waals surface area contributed by atoms with Gasteiger partial charge in [-0.05, 0) is 87.1 Å². The van der Waals surface area contributed by atoms with Crippen molar-refractivity contribution in [2.45, 2.75) is 208 Å². The number of Topliss-reactive ketones (excluding diaryl/α,β-unsaturated/α-hetero) is 1. The third-order valence-corrected chi connectivity index (χ3v) is 11.0. The van der Waals surface area contributed by atoms with E-state index in [-0.39, 0.29) is 11.1 Å². The summed E-state index contributed by atoms with van der Waals surface area (Å²) in [4.78, 5) is 120. The highest BCUT2D eigenvalue weighted by Crippen LogP contribution is 2.51. The molecule has 0 radical (unpaired) electrons. The van der Waals surface area contributed by atoms with Gasteiger partial charge in [0.2, 0.25) is 10.8 Å². The second-order valence-electron chi connectivity index (χ2n) is 18.9. The first-order valence-electron chi connectivity index (χ1n) is 22.7. The maximum Gasteiger partial charge on any atom is 0.365 e. The molecule has 0 saturated carbocycles. The smallest absolute Gasteiger partial charge is 0.296 e. The van der Waals surface area contributed by atoms with Crippen molar-refractivity contribution in [3.05, 3.63) is 59.7 Å². The van der Waals surface area contributed by atoms with Crippen molar-refractivity contribution in [1.29, 1.82) is 0 Å². The Morgan fingerprint density at radius 3 is 1.06 bits per heavy atom. The maximum atomic E-state index is 15.2. The fourth-order valence-corrected chi connectivity index (χ4v) is 6.94. The van der Waals surface area contributed by atoms with E-state index < -0.39 is 62.9 Å². The van der Waals surface area contributed by atoms with Crippen LogP contribution in [0.3, 0.4) is 0 Å². The average Bonchev–Trinajstić information content (AvgIpc) is 3.23. The van der Waals surface area contributed by atoms with Crippen molar-refractivity contribution in [1.82, 2.24) is 0 Å². The summed E-state index contributed by atoms with van der Waals surface area (Å²) in [5, 5.41) is 0. The van der Waals surface area contributed by atoms with E-state index in [0.717, 1.165) is 82.4 Å². The predicted molar refractivity (Wildman–Crippen MR) is 234 cm³/mol. The van der Waals surface area contributed by atoms with Crippen molar-refractivity contribution >= 4 is 29.7 Å². The number of allylic oxidation sites excluding steroid dienone is 2. The number of hydrogen-bond donors (Lipinski definition) is 0. The lowest BCUT2D eigenvalue weighted by Crippen LogP contribution is -2.62. The van der Waals surface area contributed by atoms with Crippen molar-refractivity contribution in [3.8, 4) is 0 Å². The zero-order chi connectivity index (χ0) is 46.7. The van der Waals surface area contributed by atoms with E-state index in [4.69, 9.17) is 39.1 Å². The molecule has 0 aliphatic heterocycles. The Labute approximate surface area is 370 Å². The Kier molecular flexibility index (Phi) is 21.7. The SMILES string of the molecule is CCCCCC(C)(C)OOC(=O)C1(C(=O)OOC(C)(C)CCCCC)C=CC(C(=O)c2ccccc2)=CC1(C(=O)OOC(C)(C)CCCCC)C(=O)OOC(C)(C)CCCCC. The number of carbonyl (C=O) groups is 5. The summed E-state index contributed by atoms with van der Waals surface area (Å²) in [6, 6.07) is 8.05. The van der Waals surface area contributed by atoms with Crippen LogP contribution in [-0.2, 0) is 58.3 Å². The lowest BCUT2D eigenvalue weighted by Gasteiger charge is -2.41. The monoisotopic (exact) mass is 873 g/mol. The summed E-state index contributed by atoms with van der Waals surface area (Å²) in [5.41, 5.74) is -10.9. The van der Waals surface area contributed by atoms with Crippen LogP contribution in [0.1, 0.15) is 196 Å². The minimum Gasteiger partial charge on any atom is -0.296 e. The minimum absolute atomic E-state index is 0.174. The molecule has 0 N–H and O–H groups in total. The fraction of sp³-hybridized carbons (Fsp3) is 0.694. The topological polar surface area (TPSA) is 159 Å². The number of carbonyl (C=O) groups excluding carboxylic acids is 5. The molecule has 0 fully saturated rings. The zero-order valence-electron chi connectivity index (χ0n) is 39.7. The van der Waals surface area contributed by atoms with Crippen LogP contribution in [0.4, 0.5) is 0 Å². The molecule has 0 aromatic heterocycles. The molecule has 0 unspecified atom stereocenters. The first kappa shape index (κ1) is 54.2. The van der Waals surface area contributed by atoms with Crippen LogP contribution < -0.4 is 0 Å². The molecule has 1 aromatic carbocycles. The molecule has 1 aliphatic carbocycles. The first-order chi connectivity index (χ1) is 29.1. The molecule has 1 aliphatic rings. The van der Waals surface area contributed by atoms with Crippen LogP contribution >= 0.6 is 0 Å². The maximum absolute atomic E-state index is 15.2. The van der Waals surface area contributed by atoms with Crippen molar-refractivity contribution in [2.24, 2.45) is 10.8 Å². The highest BCUT2D eigenvalue weighted by atomic mass is 17.2. The molecule has 0 atom stereocenters. The van der Waals surface area contributed by atoms with Gasteiger partial charge in [0.25, 0.3) is 0 Å². The van der Waals surface area contributed by atoms with Gasteiger partial charge in [-0.25, -0.2) is 19.2 Å². The molecule has 13 nitrogen and oxygen atoms in total. The van der Waals surface area contributed by atoms with Gasteiger partial charge in [-0.2, -0.15) is 19.6 Å². The largest absolute Gasteiger partial charge is 0.365 e. The van der Waals surface area contributed by atoms with E-state index in [2.05, 4.69) is 0 Å². The van der Waals surface area contributed by atoms with Gasteiger partial charge in [0.1, 0.15) is 22.4 Å². The number of hydrogen-bond acceptors (Lipinski definition) is 13. The summed E-state index contributed by atoms with van der Waals surface area (Å²) in [6.07, 6.45) is 14.7. The Bertz CT molecular complexity index is 1580. The molecular formula is C49H76O13. The van der Waals surface area contributed by atoms with Crippen LogP contribution in [0.25, 0.3) is 0 Å². The van der Waals surface area contributed by atoms with Crippen LogP contribution in [0, 0.1) is 10.8 Å². The Morgan fingerprint density at radius 1 is 0.452 bits per heavy atom. The third kappa shape index (κ3) is 15.7. The van der Waals surface area contributed by atoms with Gasteiger partial charge >= 0.3 is 23.9 Å². The highest BCUT2D eigenvalue weighted by molar-refractivity contribution is 6.20. The predicted octanol–water partition coefficient (Wildman–Crippen LogP) is 11.7. The number of ketones is 1. The van der Waals surface area contributed by atoms with Gasteiger partial charge in [0, 0.05) is 11.1 Å². The standard InChI is InChI=1S/C49H76O13/c1-13-17-24-31-44(5,6)59-55-40(51)48(41(52)56-60-45(7,8)32-25-18-14-2)35-30-38(39(50)37-28-22-21-23-29-37)36-49(48,42(53)57-61-46(9,10)33-26-19-15-3)43(54)58-62-47(11,12)34-27-20-16-4/h21-23,28-30,35-36H,13-20,24-27,31-34H2,1-12H3. The van der Waals surface area contributed by atoms with E-state index in [1.807, 2.05) is 27.7 Å². The second kappa shape index (κ2) is 24.8. The van der Waals surface area contributed by atoms with Gasteiger partial charge in [-0.3, -0.25) is 24.3 Å². The van der Waals surface area contributed by atoms with E-state index in [0.29, 0.717) is 38.5 Å². The normalized spacial score (nSPS) is 15.1. The summed E-state index contributed by atoms with van der Waals surface area (Å²) >= 11 is 0. The van der Waals surface area contributed by atoms with E-state index in [1.54, 1.807) is 73.6 Å². The summed E-state index contributed by atoms with van der Waals surface area (Å²) in [7, 11) is 0. The van der Waals surface area contributed by atoms with Gasteiger partial charge in [-0.15, -0.1) is 0 Å². The molecule has 0 spiro atoms. The Hall–Kier alpha value is -3.91. The molecule has 2 rings (SSSR count). The molecule has 13 heteroatoms. The molecule has 0 bridgehead atoms. The molecule has 1 aromatic rings. The van der Waals surface area contributed by atoms with Crippen molar-refractivity contribution < 1.29 is 63.1 Å². The summed E-state index contributed by atoms with van der Waals surface area (Å²) in [6.45, 7) is 21.7. The lowest BCUT2D eigenvalue weighted by atomic mass is 9.59. The summed E-state index contributed by atoms with van der Waals surface area (Å²) in [5.74, 6) is -6.98. The Morgan fingerprint density at radius 2 is 0.758 bits per heavy atom. The Balaban J connectivity index is 3.00. The fourth-order valence-electron chi connectivity index (χ4n) is 6.94. The second-order valence-corrected chi connectivity index (χ2v) is 18.9. The van der Waals surface area contributed by atoms with Crippen LogP contribution in [-0.4, -0.2) is 52.1 Å². The quantitative estimate of drug-likeness (QED) is 0.0236. The van der Waals surface area contributed by atoms with Crippen LogP contribution in [0.5, 0.6) is 0 Å². The molecule has 0 amide bonds. The number of unbranched alkanes of at least 4 members (excludes halogenated alkanes) is 8. The van der Waals surface area contributed by atoms with E-state index >= 15 is 19.2 Å². The molecule has 62 heavy (non-hydrogen) atoms. The van der Waals surface area contributed by atoms with Crippen LogP contribution in [0.2, 0.25) is 0 Å². The summed E-state index contributed by atoms with van der Waals surface area (Å²) < 4.78 is 0. The van der Waals surface area contributed by atoms with E-state index in [9.17, 15) is 4.79 Å². The molecule has 0 heterocycles. The molecule has 0 saturated heterocycles. The van der Waals surface area contributed by atoms with Crippen molar-refractivity contribution in [3.63, 3.8) is 0 Å². The minimum atomic E-state index is -3.25. The van der Waals surface area contributed by atoms with Crippen LogP contribution in [0.15, 0.2) is 54.1 Å². The zero-order valence-corrected chi connectivity index (χ0v) is 39.7. The average molecular weight is 873 g/mol. The lowest BCUT2D eigenvalue weighted by molar-refractivity contribution is -0.357. The van der Waals surface area contributed by atoms with Gasteiger partial charge in [0.15, 0.2) is 5.78 Å². The van der Waals surface area contributed by atoms with E-state index in [1.165, 1.54) is 12.1 Å².